The zero-order valence-electron chi connectivity index (χ0n) is 8.69. The summed E-state index contributed by atoms with van der Waals surface area (Å²) in [6, 6.07) is 0. The van der Waals surface area contributed by atoms with Crippen molar-refractivity contribution in [3.05, 3.63) is 0 Å². The molecule has 15 heavy (non-hydrogen) atoms. The van der Waals surface area contributed by atoms with E-state index in [-0.39, 0.29) is 0 Å². The van der Waals surface area contributed by atoms with Crippen molar-refractivity contribution in [1.82, 2.24) is 0 Å². The van der Waals surface area contributed by atoms with Crippen LogP contribution in [-0.4, -0.2) is 11.8 Å². The molecule has 4 fully saturated rings. The van der Waals surface area contributed by atoms with E-state index >= 15 is 0 Å². The molecule has 0 aromatic carbocycles. The van der Waals surface area contributed by atoms with Gasteiger partial charge < -0.3 is 5.73 Å². The zero-order chi connectivity index (χ0) is 10.4. The van der Waals surface area contributed by atoms with Gasteiger partial charge in [-0.05, 0) is 43.9 Å². The van der Waals surface area contributed by atoms with Crippen LogP contribution in [0.3, 0.4) is 0 Å². The number of rotatable bonds is 1. The van der Waals surface area contributed by atoms with E-state index in [0.717, 1.165) is 17.5 Å². The van der Waals surface area contributed by atoms with Crippen LogP contribution in [0.2, 0.25) is 0 Å². The molecule has 4 aliphatic rings. The maximum atomic E-state index is 10.5. The van der Waals surface area contributed by atoms with Crippen LogP contribution in [0.25, 0.3) is 0 Å². The third-order valence-electron chi connectivity index (χ3n) is 4.22. The van der Waals surface area contributed by atoms with Crippen molar-refractivity contribution in [2.45, 2.75) is 32.1 Å². The molecule has 4 nitrogen and oxygen atoms in total. The number of amides is 1. The first-order valence-corrected chi connectivity index (χ1v) is 5.76. The molecular weight excluding hydrogens is 192 g/mol. The summed E-state index contributed by atoms with van der Waals surface area (Å²) in [6.45, 7) is 0. The predicted molar refractivity (Wildman–Crippen MR) is 55.1 cm³/mol. The molecule has 0 atom stereocenters. The number of nitrogens with two attached hydrogens (primary N) is 1. The third kappa shape index (κ3) is 1.52. The molecule has 4 saturated carbocycles. The van der Waals surface area contributed by atoms with E-state index in [1.807, 2.05) is 0 Å². The maximum absolute atomic E-state index is 10.5. The van der Waals surface area contributed by atoms with E-state index in [9.17, 15) is 4.79 Å². The van der Waals surface area contributed by atoms with Gasteiger partial charge in [-0.2, -0.15) is 0 Å². The molecule has 0 aromatic heterocycles. The number of hydrogen-bond donors (Lipinski definition) is 1. The highest BCUT2D eigenvalue weighted by Gasteiger charge is 2.46. The Morgan fingerprint density at radius 1 is 1.13 bits per heavy atom. The lowest BCUT2D eigenvalue weighted by Gasteiger charge is -2.49. The number of primary amides is 1. The van der Waals surface area contributed by atoms with Crippen molar-refractivity contribution >= 4 is 11.8 Å². The van der Waals surface area contributed by atoms with E-state index in [0.29, 0.717) is 11.8 Å². The monoisotopic (exact) mass is 208 g/mol. The quantitative estimate of drug-likeness (QED) is 0.528. The largest absolute Gasteiger partial charge is 0.430 e. The smallest absolute Gasteiger partial charge is 0.333 e. The summed E-state index contributed by atoms with van der Waals surface area (Å²) in [4.78, 5) is 15.1. The summed E-state index contributed by atoms with van der Waals surface area (Å²) >= 11 is 0. The van der Waals surface area contributed by atoms with Gasteiger partial charge in [0.05, 0.1) is 5.71 Å². The van der Waals surface area contributed by atoms with Gasteiger partial charge in [-0.15, -0.1) is 0 Å². The highest BCUT2D eigenvalue weighted by atomic mass is 16.7. The van der Waals surface area contributed by atoms with E-state index in [1.54, 1.807) is 0 Å². The highest BCUT2D eigenvalue weighted by Crippen LogP contribution is 2.52. The van der Waals surface area contributed by atoms with Crippen LogP contribution in [0.1, 0.15) is 32.1 Å². The molecule has 0 spiro atoms. The Balaban J connectivity index is 1.80. The summed E-state index contributed by atoms with van der Waals surface area (Å²) in [7, 11) is 0. The minimum absolute atomic E-state index is 0.570. The molecule has 0 radical (unpaired) electrons. The summed E-state index contributed by atoms with van der Waals surface area (Å²) in [6.07, 6.45) is 5.59. The first-order valence-electron chi connectivity index (χ1n) is 5.76. The summed E-state index contributed by atoms with van der Waals surface area (Å²) in [5.41, 5.74) is 6.04. The number of carbonyl (C=O) groups is 1. The molecule has 0 heterocycles. The fourth-order valence-corrected chi connectivity index (χ4v) is 3.91. The van der Waals surface area contributed by atoms with Gasteiger partial charge in [0.15, 0.2) is 0 Å². The van der Waals surface area contributed by atoms with Crippen LogP contribution < -0.4 is 5.73 Å². The molecule has 2 N–H and O–H groups in total. The fourth-order valence-electron chi connectivity index (χ4n) is 3.91. The van der Waals surface area contributed by atoms with Gasteiger partial charge >= 0.3 is 6.09 Å². The molecule has 1 amide bonds. The average Bonchev–Trinajstić information content (AvgIpc) is 2.14. The van der Waals surface area contributed by atoms with Crippen molar-refractivity contribution < 1.29 is 9.63 Å². The molecule has 4 rings (SSSR count). The maximum Gasteiger partial charge on any atom is 0.430 e. The SMILES string of the molecule is NC(=O)ON=C1C2CC3CC(C2)CC1C3. The second kappa shape index (κ2) is 3.22. The fraction of sp³-hybridized carbons (Fsp3) is 0.818. The Labute approximate surface area is 88.8 Å². The predicted octanol–water partition coefficient (Wildman–Crippen LogP) is 1.89. The van der Waals surface area contributed by atoms with Crippen LogP contribution >= 0.6 is 0 Å². The van der Waals surface area contributed by atoms with Gasteiger partial charge in [0.25, 0.3) is 0 Å². The van der Waals surface area contributed by atoms with Crippen molar-refractivity contribution in [2.75, 3.05) is 0 Å². The van der Waals surface area contributed by atoms with E-state index in [2.05, 4.69) is 9.99 Å². The average molecular weight is 208 g/mol. The zero-order valence-corrected chi connectivity index (χ0v) is 8.69. The molecule has 4 bridgehead atoms. The van der Waals surface area contributed by atoms with Crippen molar-refractivity contribution in [3.8, 4) is 0 Å². The molecule has 82 valence electrons. The second-order valence-electron chi connectivity index (χ2n) is 5.23. The third-order valence-corrected chi connectivity index (χ3v) is 4.22. The van der Waals surface area contributed by atoms with Gasteiger partial charge in [0.1, 0.15) is 0 Å². The number of hydrogen-bond acceptors (Lipinski definition) is 3. The van der Waals surface area contributed by atoms with Crippen LogP contribution in [-0.2, 0) is 4.84 Å². The Morgan fingerprint density at radius 3 is 2.13 bits per heavy atom. The molecular formula is C11H16N2O2. The molecule has 4 aliphatic carbocycles. The van der Waals surface area contributed by atoms with Crippen molar-refractivity contribution in [2.24, 2.45) is 34.6 Å². The first-order chi connectivity index (χ1) is 7.22. The molecule has 0 aliphatic heterocycles. The van der Waals surface area contributed by atoms with Gasteiger partial charge in [-0.25, -0.2) is 4.79 Å². The first kappa shape index (κ1) is 9.19. The topological polar surface area (TPSA) is 64.7 Å². The Kier molecular flexibility index (Phi) is 1.97. The van der Waals surface area contributed by atoms with Crippen molar-refractivity contribution in [3.63, 3.8) is 0 Å². The van der Waals surface area contributed by atoms with Crippen LogP contribution in [0.5, 0.6) is 0 Å². The van der Waals surface area contributed by atoms with Crippen LogP contribution in [0.15, 0.2) is 5.16 Å². The van der Waals surface area contributed by atoms with E-state index in [4.69, 9.17) is 5.73 Å². The van der Waals surface area contributed by atoms with Gasteiger partial charge in [-0.3, -0.25) is 4.84 Å². The number of carbonyl (C=O) groups excluding carboxylic acids is 1. The Morgan fingerprint density at radius 2 is 1.67 bits per heavy atom. The summed E-state index contributed by atoms with van der Waals surface area (Å²) in [5, 5.41) is 3.96. The lowest BCUT2D eigenvalue weighted by molar-refractivity contribution is 0.0994. The second-order valence-corrected chi connectivity index (χ2v) is 5.23. The Bertz CT molecular complexity index is 295. The normalized spacial score (nSPS) is 41.7. The summed E-state index contributed by atoms with van der Waals surface area (Å²) < 4.78 is 0. The van der Waals surface area contributed by atoms with Crippen LogP contribution in [0.4, 0.5) is 4.79 Å². The minimum Gasteiger partial charge on any atom is -0.333 e. The number of oxime groups is 1. The van der Waals surface area contributed by atoms with Gasteiger partial charge in [0.2, 0.25) is 0 Å². The Hall–Kier alpha value is -1.06. The minimum atomic E-state index is -0.795. The van der Waals surface area contributed by atoms with Gasteiger partial charge in [0, 0.05) is 11.8 Å². The van der Waals surface area contributed by atoms with Crippen molar-refractivity contribution in [1.29, 1.82) is 0 Å². The van der Waals surface area contributed by atoms with Gasteiger partial charge in [-0.1, -0.05) is 5.16 Å². The standard InChI is InChI=1S/C11H16N2O2/c12-11(14)15-13-10-8-2-6-1-7(4-8)5-9(10)3-6/h6-9H,1-5H2,(H2,12,14). The van der Waals surface area contributed by atoms with Crippen LogP contribution in [0, 0.1) is 23.7 Å². The molecule has 4 heteroatoms. The lowest BCUT2D eigenvalue weighted by atomic mass is 9.55. The van der Waals surface area contributed by atoms with E-state index in [1.165, 1.54) is 32.1 Å². The molecule has 0 aromatic rings. The molecule has 0 saturated heterocycles. The lowest BCUT2D eigenvalue weighted by Crippen LogP contribution is -2.45. The summed E-state index contributed by atoms with van der Waals surface area (Å²) in [5.74, 6) is 2.95. The highest BCUT2D eigenvalue weighted by molar-refractivity contribution is 5.90. The van der Waals surface area contributed by atoms with E-state index < -0.39 is 6.09 Å². The molecule has 0 unspecified atom stereocenters. The number of nitrogens with zero attached hydrogens (tertiary/aromatic N) is 1.